The third-order valence-corrected chi connectivity index (χ3v) is 4.78. The Morgan fingerprint density at radius 3 is 2.58 bits per heavy atom. The summed E-state index contributed by atoms with van der Waals surface area (Å²) in [5.74, 6) is 1.16. The molecule has 1 heterocycles. The zero-order chi connectivity index (χ0) is 13.5. The number of hydrogen-bond donors (Lipinski definition) is 1. The van der Waals surface area contributed by atoms with Crippen LogP contribution in [0.4, 0.5) is 0 Å². The molecule has 0 spiro atoms. The summed E-state index contributed by atoms with van der Waals surface area (Å²) in [4.78, 5) is 2.84. The summed E-state index contributed by atoms with van der Waals surface area (Å²) in [5.41, 5.74) is 1.36. The summed E-state index contributed by atoms with van der Waals surface area (Å²) in [6, 6.07) is 13.8. The van der Waals surface area contributed by atoms with Gasteiger partial charge in [-0.25, -0.2) is 0 Å². The van der Waals surface area contributed by atoms with E-state index in [0.717, 1.165) is 12.3 Å². The number of thiophene rings is 1. The Bertz CT molecular complexity index is 460. The molecule has 0 saturated heterocycles. The Hall–Kier alpha value is -0.770. The van der Waals surface area contributed by atoms with Crippen LogP contribution >= 0.6 is 23.1 Å². The third kappa shape index (κ3) is 5.39. The molecule has 0 saturated carbocycles. The quantitative estimate of drug-likeness (QED) is 0.749. The zero-order valence-electron chi connectivity index (χ0n) is 11.6. The average Bonchev–Trinajstić information content (AvgIpc) is 2.91. The van der Waals surface area contributed by atoms with Crippen molar-refractivity contribution in [2.24, 2.45) is 0 Å². The highest BCUT2D eigenvalue weighted by molar-refractivity contribution is 7.99. The van der Waals surface area contributed by atoms with E-state index >= 15 is 0 Å². The fourth-order valence-corrected chi connectivity index (χ4v) is 3.47. The lowest BCUT2D eigenvalue weighted by Gasteiger charge is -2.08. The summed E-state index contributed by atoms with van der Waals surface area (Å²) < 4.78 is 0. The molecule has 1 aromatic carbocycles. The lowest BCUT2D eigenvalue weighted by atomic mass is 10.2. The smallest absolute Gasteiger partial charge is 0.0207 e. The molecule has 1 N–H and O–H groups in total. The summed E-state index contributed by atoms with van der Waals surface area (Å²) in [7, 11) is 0. The van der Waals surface area contributed by atoms with Gasteiger partial charge >= 0.3 is 0 Å². The number of benzene rings is 1. The van der Waals surface area contributed by atoms with Crippen LogP contribution in [0.2, 0.25) is 0 Å². The van der Waals surface area contributed by atoms with Crippen LogP contribution in [-0.4, -0.2) is 11.8 Å². The molecule has 0 atom stereocenters. The molecule has 0 amide bonds. The summed E-state index contributed by atoms with van der Waals surface area (Å²) >= 11 is 3.79. The van der Waals surface area contributed by atoms with Gasteiger partial charge in [0.1, 0.15) is 0 Å². The van der Waals surface area contributed by atoms with E-state index < -0.39 is 0 Å². The molecule has 0 aliphatic rings. The van der Waals surface area contributed by atoms with Crippen LogP contribution < -0.4 is 5.32 Å². The number of aryl methyl sites for hydroxylation is 1. The van der Waals surface area contributed by atoms with E-state index in [9.17, 15) is 0 Å². The van der Waals surface area contributed by atoms with Crippen molar-refractivity contribution >= 4 is 23.1 Å². The first-order valence-electron chi connectivity index (χ1n) is 6.71. The van der Waals surface area contributed by atoms with Crippen molar-refractivity contribution in [2.75, 3.05) is 5.75 Å². The number of rotatable bonds is 7. The van der Waals surface area contributed by atoms with E-state index in [1.807, 2.05) is 23.1 Å². The Morgan fingerprint density at radius 2 is 1.95 bits per heavy atom. The Kier molecular flexibility index (Phi) is 5.95. The lowest BCUT2D eigenvalue weighted by molar-refractivity contribution is 0.588. The van der Waals surface area contributed by atoms with Crippen LogP contribution in [0.3, 0.4) is 0 Å². The van der Waals surface area contributed by atoms with Gasteiger partial charge in [-0.15, -0.1) is 23.1 Å². The van der Waals surface area contributed by atoms with Gasteiger partial charge in [0, 0.05) is 28.1 Å². The molecule has 0 aliphatic carbocycles. The fourth-order valence-electron chi connectivity index (χ4n) is 1.75. The van der Waals surface area contributed by atoms with Crippen LogP contribution in [0.25, 0.3) is 0 Å². The standard InChI is InChI=1S/C16H21NS2/c1-13(2)17-12-14-5-7-16(8-6-14)19-11-9-15-4-3-10-18-15/h3-8,10,13,17H,9,11-12H2,1-2H3. The van der Waals surface area contributed by atoms with Crippen molar-refractivity contribution in [3.8, 4) is 0 Å². The summed E-state index contributed by atoms with van der Waals surface area (Å²) in [6.07, 6.45) is 1.17. The molecule has 1 nitrogen and oxygen atoms in total. The van der Waals surface area contributed by atoms with Gasteiger partial charge in [0.05, 0.1) is 0 Å². The predicted octanol–water partition coefficient (Wildman–Crippen LogP) is 4.58. The number of nitrogens with one attached hydrogen (secondary N) is 1. The predicted molar refractivity (Wildman–Crippen MR) is 87.2 cm³/mol. The molecule has 0 bridgehead atoms. The van der Waals surface area contributed by atoms with Gasteiger partial charge in [-0.2, -0.15) is 0 Å². The van der Waals surface area contributed by atoms with E-state index in [-0.39, 0.29) is 0 Å². The summed E-state index contributed by atoms with van der Waals surface area (Å²) in [6.45, 7) is 5.31. The van der Waals surface area contributed by atoms with E-state index in [1.54, 1.807) is 0 Å². The first kappa shape index (κ1) is 14.6. The number of hydrogen-bond acceptors (Lipinski definition) is 3. The molecule has 0 fully saturated rings. The zero-order valence-corrected chi connectivity index (χ0v) is 13.2. The highest BCUT2D eigenvalue weighted by atomic mass is 32.2. The third-order valence-electron chi connectivity index (χ3n) is 2.84. The van der Waals surface area contributed by atoms with Gasteiger partial charge in [0.15, 0.2) is 0 Å². The van der Waals surface area contributed by atoms with Gasteiger partial charge < -0.3 is 5.32 Å². The van der Waals surface area contributed by atoms with Gasteiger partial charge in [0.25, 0.3) is 0 Å². The molecule has 0 unspecified atom stereocenters. The van der Waals surface area contributed by atoms with Crippen molar-refractivity contribution < 1.29 is 0 Å². The maximum absolute atomic E-state index is 3.44. The first-order valence-corrected chi connectivity index (χ1v) is 8.58. The molecule has 2 aromatic rings. The lowest BCUT2D eigenvalue weighted by Crippen LogP contribution is -2.21. The van der Waals surface area contributed by atoms with Crippen LogP contribution in [0.15, 0.2) is 46.7 Å². The van der Waals surface area contributed by atoms with E-state index in [1.165, 1.54) is 21.8 Å². The van der Waals surface area contributed by atoms with Gasteiger partial charge in [-0.1, -0.05) is 32.0 Å². The van der Waals surface area contributed by atoms with Crippen molar-refractivity contribution in [1.82, 2.24) is 5.32 Å². The molecule has 0 radical (unpaired) electrons. The largest absolute Gasteiger partial charge is 0.310 e. The maximum Gasteiger partial charge on any atom is 0.0207 e. The molecule has 0 aliphatic heterocycles. The van der Waals surface area contributed by atoms with E-state index in [2.05, 4.69) is 60.9 Å². The Morgan fingerprint density at radius 1 is 1.16 bits per heavy atom. The number of thioether (sulfide) groups is 1. The molecule has 2 rings (SSSR count). The topological polar surface area (TPSA) is 12.0 Å². The minimum Gasteiger partial charge on any atom is -0.310 e. The highest BCUT2D eigenvalue weighted by Crippen LogP contribution is 2.21. The molecular formula is C16H21NS2. The minimum atomic E-state index is 0.542. The molecule has 102 valence electrons. The van der Waals surface area contributed by atoms with Crippen molar-refractivity contribution in [2.45, 2.75) is 37.8 Å². The molecular weight excluding hydrogens is 270 g/mol. The van der Waals surface area contributed by atoms with Crippen LogP contribution in [0, 0.1) is 0 Å². The second-order valence-electron chi connectivity index (χ2n) is 4.86. The van der Waals surface area contributed by atoms with Crippen molar-refractivity contribution in [3.05, 3.63) is 52.2 Å². The second-order valence-corrected chi connectivity index (χ2v) is 7.06. The van der Waals surface area contributed by atoms with Crippen LogP contribution in [0.1, 0.15) is 24.3 Å². The van der Waals surface area contributed by atoms with E-state index in [4.69, 9.17) is 0 Å². The molecule has 3 heteroatoms. The molecule has 19 heavy (non-hydrogen) atoms. The highest BCUT2D eigenvalue weighted by Gasteiger charge is 1.99. The minimum absolute atomic E-state index is 0.542. The fraction of sp³-hybridized carbons (Fsp3) is 0.375. The van der Waals surface area contributed by atoms with Crippen molar-refractivity contribution in [3.63, 3.8) is 0 Å². The average molecular weight is 291 g/mol. The molecule has 1 aromatic heterocycles. The first-order chi connectivity index (χ1) is 9.24. The van der Waals surface area contributed by atoms with Crippen LogP contribution in [-0.2, 0) is 13.0 Å². The van der Waals surface area contributed by atoms with Crippen molar-refractivity contribution in [1.29, 1.82) is 0 Å². The van der Waals surface area contributed by atoms with Gasteiger partial charge in [0.2, 0.25) is 0 Å². The SMILES string of the molecule is CC(C)NCc1ccc(SCCc2cccs2)cc1. The Balaban J connectivity index is 1.75. The van der Waals surface area contributed by atoms with Crippen LogP contribution in [0.5, 0.6) is 0 Å². The maximum atomic E-state index is 3.44. The summed E-state index contributed by atoms with van der Waals surface area (Å²) in [5, 5.41) is 5.59. The second kappa shape index (κ2) is 7.73. The van der Waals surface area contributed by atoms with Gasteiger partial charge in [-0.3, -0.25) is 0 Å². The van der Waals surface area contributed by atoms with E-state index in [0.29, 0.717) is 6.04 Å². The van der Waals surface area contributed by atoms with Gasteiger partial charge in [-0.05, 0) is 35.6 Å². The Labute approximate surface area is 124 Å². The monoisotopic (exact) mass is 291 g/mol. The normalized spacial score (nSPS) is 11.1.